The van der Waals surface area contributed by atoms with Crippen LogP contribution >= 0.6 is 11.8 Å². The van der Waals surface area contributed by atoms with Crippen LogP contribution < -0.4 is 10.6 Å². The molecule has 0 aromatic heterocycles. The Kier molecular flexibility index (Phi) is 7.42. The lowest BCUT2D eigenvalue weighted by molar-refractivity contribution is -0.384. The van der Waals surface area contributed by atoms with E-state index >= 15 is 0 Å². The van der Waals surface area contributed by atoms with Crippen molar-refractivity contribution in [2.45, 2.75) is 17.1 Å². The monoisotopic (exact) mass is 465 g/mol. The summed E-state index contributed by atoms with van der Waals surface area (Å²) in [5.74, 6) is -1.76. The molecule has 10 heteroatoms. The molecule has 0 fully saturated rings. The van der Waals surface area contributed by atoms with E-state index in [0.29, 0.717) is 11.4 Å². The number of carboxylic acids is 1. The van der Waals surface area contributed by atoms with Crippen molar-refractivity contribution in [3.63, 3.8) is 0 Å². The smallest absolute Gasteiger partial charge is 0.335 e. The number of carboxylic acid groups (broad SMARTS) is 1. The van der Waals surface area contributed by atoms with Crippen LogP contribution in [0.1, 0.15) is 27.6 Å². The van der Waals surface area contributed by atoms with Crippen LogP contribution in [-0.2, 0) is 4.79 Å². The Morgan fingerprint density at radius 2 is 1.58 bits per heavy atom. The molecule has 1 unspecified atom stereocenters. The number of hydrogen-bond donors (Lipinski definition) is 3. The van der Waals surface area contributed by atoms with Gasteiger partial charge in [-0.3, -0.25) is 19.7 Å². The van der Waals surface area contributed by atoms with Crippen molar-refractivity contribution < 1.29 is 24.4 Å². The number of rotatable bonds is 8. The quantitative estimate of drug-likeness (QED) is 0.250. The van der Waals surface area contributed by atoms with E-state index in [0.717, 1.165) is 4.90 Å². The average Bonchev–Trinajstić information content (AvgIpc) is 2.80. The maximum absolute atomic E-state index is 12.5. The molecule has 9 nitrogen and oxygen atoms in total. The van der Waals surface area contributed by atoms with Crippen LogP contribution in [0.15, 0.2) is 77.7 Å². The molecule has 3 aromatic rings. The minimum absolute atomic E-state index is 0.0828. The van der Waals surface area contributed by atoms with Gasteiger partial charge in [-0.25, -0.2) is 4.79 Å². The number of amides is 2. The largest absolute Gasteiger partial charge is 0.478 e. The van der Waals surface area contributed by atoms with E-state index in [1.807, 2.05) is 0 Å². The van der Waals surface area contributed by atoms with Gasteiger partial charge in [-0.05, 0) is 61.5 Å². The molecule has 0 bridgehead atoms. The van der Waals surface area contributed by atoms with E-state index in [-0.39, 0.29) is 22.7 Å². The molecule has 3 aromatic carbocycles. The maximum atomic E-state index is 12.5. The van der Waals surface area contributed by atoms with Gasteiger partial charge in [-0.1, -0.05) is 6.07 Å². The Hall–Kier alpha value is -4.18. The van der Waals surface area contributed by atoms with Gasteiger partial charge >= 0.3 is 5.97 Å². The van der Waals surface area contributed by atoms with E-state index in [4.69, 9.17) is 5.11 Å². The topological polar surface area (TPSA) is 139 Å². The van der Waals surface area contributed by atoms with Crippen molar-refractivity contribution in [1.82, 2.24) is 0 Å². The van der Waals surface area contributed by atoms with Gasteiger partial charge in [-0.2, -0.15) is 0 Å². The molecule has 0 radical (unpaired) electrons. The molecule has 0 aliphatic carbocycles. The fourth-order valence-corrected chi connectivity index (χ4v) is 3.65. The van der Waals surface area contributed by atoms with Crippen LogP contribution in [0.25, 0.3) is 0 Å². The van der Waals surface area contributed by atoms with Crippen molar-refractivity contribution in [3.8, 4) is 0 Å². The molecule has 168 valence electrons. The van der Waals surface area contributed by atoms with Gasteiger partial charge in [0, 0.05) is 34.0 Å². The molecule has 3 rings (SSSR count). The van der Waals surface area contributed by atoms with E-state index in [2.05, 4.69) is 10.6 Å². The number of nitro benzene ring substituents is 1. The second-order valence-corrected chi connectivity index (χ2v) is 8.33. The number of benzene rings is 3. The predicted molar refractivity (Wildman–Crippen MR) is 125 cm³/mol. The van der Waals surface area contributed by atoms with Crippen LogP contribution in [0.5, 0.6) is 0 Å². The SMILES string of the molecule is CC(Sc1ccc(NC(=O)c2ccc([N+](=O)[O-])cc2)cc1)C(=O)Nc1cccc(C(=O)O)c1. The van der Waals surface area contributed by atoms with Crippen LogP contribution in [0.4, 0.5) is 17.1 Å². The molecule has 2 amide bonds. The van der Waals surface area contributed by atoms with Gasteiger partial charge in [0.2, 0.25) is 5.91 Å². The van der Waals surface area contributed by atoms with Crippen molar-refractivity contribution in [3.05, 3.63) is 94.0 Å². The number of nitrogens with one attached hydrogen (secondary N) is 2. The number of hydrogen-bond acceptors (Lipinski definition) is 6. The second kappa shape index (κ2) is 10.4. The highest BCUT2D eigenvalue weighted by atomic mass is 32.2. The molecule has 33 heavy (non-hydrogen) atoms. The van der Waals surface area contributed by atoms with Crippen LogP contribution in [0.3, 0.4) is 0 Å². The number of thioether (sulfide) groups is 1. The first kappa shape index (κ1) is 23.5. The third-order valence-electron chi connectivity index (χ3n) is 4.51. The molecule has 0 saturated carbocycles. The lowest BCUT2D eigenvalue weighted by Crippen LogP contribution is -2.22. The minimum atomic E-state index is -1.07. The molecule has 1 atom stereocenters. The summed E-state index contributed by atoms with van der Waals surface area (Å²) in [5.41, 5.74) is 1.21. The molecule has 0 heterocycles. The number of carbonyl (C=O) groups is 3. The Bertz CT molecular complexity index is 1200. The number of aromatic carboxylic acids is 1. The highest BCUT2D eigenvalue weighted by Gasteiger charge is 2.16. The second-order valence-electron chi connectivity index (χ2n) is 6.92. The fraction of sp³-hybridized carbons (Fsp3) is 0.0870. The van der Waals surface area contributed by atoms with Crippen molar-refractivity contribution >= 4 is 46.6 Å². The van der Waals surface area contributed by atoms with E-state index in [1.165, 1.54) is 48.2 Å². The molecule has 0 aliphatic heterocycles. The lowest BCUT2D eigenvalue weighted by Gasteiger charge is -2.13. The number of anilines is 2. The number of carbonyl (C=O) groups excluding carboxylic acids is 2. The van der Waals surface area contributed by atoms with Crippen molar-refractivity contribution in [2.75, 3.05) is 10.6 Å². The van der Waals surface area contributed by atoms with Crippen molar-refractivity contribution in [1.29, 1.82) is 0 Å². The zero-order valence-corrected chi connectivity index (χ0v) is 18.2. The molecular formula is C23H19N3O6S. The molecule has 0 saturated heterocycles. The number of nitro groups is 1. The molecule has 0 spiro atoms. The molecule has 3 N–H and O–H groups in total. The first-order valence-electron chi connectivity index (χ1n) is 9.69. The Morgan fingerprint density at radius 3 is 2.18 bits per heavy atom. The standard InChI is InChI=1S/C23H19N3O6S/c1-14(21(27)25-18-4-2-3-16(13-18)23(29)30)33-20-11-7-17(8-12-20)24-22(28)15-5-9-19(10-6-15)26(31)32/h2-14H,1H3,(H,24,28)(H,25,27)(H,29,30). The van der Waals surface area contributed by atoms with Gasteiger partial charge in [0.25, 0.3) is 11.6 Å². The van der Waals surface area contributed by atoms with Crippen LogP contribution in [-0.4, -0.2) is 33.1 Å². The summed E-state index contributed by atoms with van der Waals surface area (Å²) >= 11 is 1.30. The first-order valence-corrected chi connectivity index (χ1v) is 10.6. The maximum Gasteiger partial charge on any atom is 0.335 e. The lowest BCUT2D eigenvalue weighted by atomic mass is 10.2. The van der Waals surface area contributed by atoms with Gasteiger partial charge in [0.1, 0.15) is 0 Å². The van der Waals surface area contributed by atoms with Crippen molar-refractivity contribution in [2.24, 2.45) is 0 Å². The summed E-state index contributed by atoms with van der Waals surface area (Å²) in [4.78, 5) is 46.8. The zero-order chi connectivity index (χ0) is 24.0. The fourth-order valence-electron chi connectivity index (χ4n) is 2.79. The van der Waals surface area contributed by atoms with Crippen LogP contribution in [0.2, 0.25) is 0 Å². The van der Waals surface area contributed by atoms with Crippen LogP contribution in [0, 0.1) is 10.1 Å². The highest BCUT2D eigenvalue weighted by molar-refractivity contribution is 8.00. The summed E-state index contributed by atoms with van der Waals surface area (Å²) in [7, 11) is 0. The molecule has 0 aliphatic rings. The minimum Gasteiger partial charge on any atom is -0.478 e. The molecular weight excluding hydrogens is 446 g/mol. The summed E-state index contributed by atoms with van der Waals surface area (Å²) in [5, 5.41) is 24.7. The van der Waals surface area contributed by atoms with E-state index in [9.17, 15) is 24.5 Å². The van der Waals surface area contributed by atoms with Gasteiger partial charge in [0.15, 0.2) is 0 Å². The van der Waals surface area contributed by atoms with E-state index in [1.54, 1.807) is 43.3 Å². The first-order chi connectivity index (χ1) is 15.7. The van der Waals surface area contributed by atoms with Gasteiger partial charge < -0.3 is 15.7 Å². The number of non-ortho nitro benzene ring substituents is 1. The Balaban J connectivity index is 1.56. The summed E-state index contributed by atoms with van der Waals surface area (Å²) in [6.07, 6.45) is 0. The zero-order valence-electron chi connectivity index (χ0n) is 17.3. The van der Waals surface area contributed by atoms with E-state index < -0.39 is 22.0 Å². The van der Waals surface area contributed by atoms with Gasteiger partial charge in [0.05, 0.1) is 15.7 Å². The van der Waals surface area contributed by atoms with Gasteiger partial charge in [-0.15, -0.1) is 11.8 Å². The normalized spacial score (nSPS) is 11.3. The highest BCUT2D eigenvalue weighted by Crippen LogP contribution is 2.26. The predicted octanol–water partition coefficient (Wildman–Crippen LogP) is 4.66. The Labute approximate surface area is 193 Å². The third-order valence-corrected chi connectivity index (χ3v) is 5.62. The number of nitrogens with zero attached hydrogens (tertiary/aromatic N) is 1. The summed E-state index contributed by atoms with van der Waals surface area (Å²) in [6, 6.07) is 18.2. The Morgan fingerprint density at radius 1 is 0.909 bits per heavy atom. The third kappa shape index (κ3) is 6.40. The summed E-state index contributed by atoms with van der Waals surface area (Å²) < 4.78 is 0. The average molecular weight is 465 g/mol. The summed E-state index contributed by atoms with van der Waals surface area (Å²) in [6.45, 7) is 1.73.